The van der Waals surface area contributed by atoms with Gasteiger partial charge in [0.05, 0.1) is 5.41 Å². The normalized spacial score (nSPS) is 11.6. The van der Waals surface area contributed by atoms with Crippen LogP contribution in [0.1, 0.15) is 50.7 Å². The molecule has 0 bridgehead atoms. The third kappa shape index (κ3) is 2.68. The maximum Gasteiger partial charge on any atom is 0.130 e. The maximum absolute atomic E-state index is 5.34. The van der Waals surface area contributed by atoms with Gasteiger partial charge < -0.3 is 4.98 Å². The van der Waals surface area contributed by atoms with E-state index in [-0.39, 0.29) is 5.41 Å². The molecule has 2 nitrogen and oxygen atoms in total. The van der Waals surface area contributed by atoms with Gasteiger partial charge in [-0.2, -0.15) is 0 Å². The number of nitrogens with zero attached hydrogens (tertiary/aromatic N) is 1. The van der Waals surface area contributed by atoms with Crippen molar-refractivity contribution in [2.24, 2.45) is 0 Å². The van der Waals surface area contributed by atoms with Gasteiger partial charge in [-0.3, -0.25) is 0 Å². The lowest BCUT2D eigenvalue weighted by atomic mass is 9.75. The summed E-state index contributed by atoms with van der Waals surface area (Å²) in [6.07, 6.45) is 2.94. The fourth-order valence-electron chi connectivity index (χ4n) is 2.81. The summed E-state index contributed by atoms with van der Waals surface area (Å²) in [6.45, 7) is 6.56. The molecular weight excluding hydrogens is 264 g/mol. The number of aryl methyl sites for hydroxylation is 1. The Hall–Kier alpha value is -1.48. The van der Waals surface area contributed by atoms with E-state index in [0.29, 0.717) is 4.64 Å². The van der Waals surface area contributed by atoms with Gasteiger partial charge in [0.25, 0.3) is 0 Å². The second kappa shape index (κ2) is 6.31. The molecule has 106 valence electrons. The summed E-state index contributed by atoms with van der Waals surface area (Å²) in [6, 6.07) is 12.6. The van der Waals surface area contributed by atoms with Crippen LogP contribution in [0.5, 0.6) is 0 Å². The Balaban J connectivity index is 2.65. The molecule has 20 heavy (non-hydrogen) atoms. The molecule has 0 unspecified atom stereocenters. The molecule has 2 aromatic rings. The number of rotatable bonds is 5. The first-order chi connectivity index (χ1) is 9.66. The minimum atomic E-state index is -0.0833. The average Bonchev–Trinajstić information content (AvgIpc) is 2.49. The lowest BCUT2D eigenvalue weighted by molar-refractivity contribution is 0.446. The van der Waals surface area contributed by atoms with Crippen LogP contribution in [0.2, 0.25) is 0 Å². The molecule has 0 aliphatic carbocycles. The van der Waals surface area contributed by atoms with Crippen molar-refractivity contribution in [3.63, 3.8) is 0 Å². The predicted molar refractivity (Wildman–Crippen MR) is 86.6 cm³/mol. The minimum Gasteiger partial charge on any atom is -0.346 e. The number of aromatic nitrogens is 2. The topological polar surface area (TPSA) is 28.7 Å². The molecule has 1 N–H and O–H groups in total. The minimum absolute atomic E-state index is 0.0833. The van der Waals surface area contributed by atoms with Crippen LogP contribution in [0.3, 0.4) is 0 Å². The van der Waals surface area contributed by atoms with Gasteiger partial charge in [0, 0.05) is 5.69 Å². The zero-order valence-electron chi connectivity index (χ0n) is 12.4. The largest absolute Gasteiger partial charge is 0.346 e. The van der Waals surface area contributed by atoms with E-state index in [1.165, 1.54) is 5.56 Å². The maximum atomic E-state index is 5.34. The van der Waals surface area contributed by atoms with E-state index in [1.54, 1.807) is 0 Å². The summed E-state index contributed by atoms with van der Waals surface area (Å²) in [5.41, 5.74) is 2.37. The molecule has 0 aliphatic heterocycles. The number of aromatic amines is 1. The van der Waals surface area contributed by atoms with Gasteiger partial charge in [-0.1, -0.05) is 63.3 Å². The molecule has 0 saturated heterocycles. The van der Waals surface area contributed by atoms with Crippen molar-refractivity contribution in [2.75, 3.05) is 0 Å². The number of hydrogen-bond acceptors (Lipinski definition) is 2. The van der Waals surface area contributed by atoms with Crippen LogP contribution in [0.4, 0.5) is 0 Å². The summed E-state index contributed by atoms with van der Waals surface area (Å²) in [4.78, 5) is 8.13. The van der Waals surface area contributed by atoms with Crippen LogP contribution in [0, 0.1) is 4.64 Å². The highest BCUT2D eigenvalue weighted by Crippen LogP contribution is 2.36. The zero-order chi connectivity index (χ0) is 14.6. The SMILES string of the molecule is CCc1cc(=S)nc(C(CC)(CC)c2ccccc2)[nH]1. The summed E-state index contributed by atoms with van der Waals surface area (Å²) >= 11 is 5.34. The van der Waals surface area contributed by atoms with E-state index in [1.807, 2.05) is 6.07 Å². The summed E-state index contributed by atoms with van der Waals surface area (Å²) in [5, 5.41) is 0. The number of nitrogens with one attached hydrogen (secondary N) is 1. The first kappa shape index (κ1) is 14.9. The molecule has 0 spiro atoms. The van der Waals surface area contributed by atoms with Crippen LogP contribution in [-0.2, 0) is 11.8 Å². The molecule has 1 aromatic heterocycles. The zero-order valence-corrected chi connectivity index (χ0v) is 13.3. The highest BCUT2D eigenvalue weighted by molar-refractivity contribution is 7.71. The van der Waals surface area contributed by atoms with Gasteiger partial charge in [-0.05, 0) is 30.9 Å². The van der Waals surface area contributed by atoms with E-state index in [0.717, 1.165) is 30.8 Å². The summed E-state index contributed by atoms with van der Waals surface area (Å²) < 4.78 is 0.679. The molecule has 0 amide bonds. The van der Waals surface area contributed by atoms with Crippen LogP contribution < -0.4 is 0 Å². The second-order valence-electron chi connectivity index (χ2n) is 5.10. The summed E-state index contributed by atoms with van der Waals surface area (Å²) in [7, 11) is 0. The molecule has 1 aromatic carbocycles. The van der Waals surface area contributed by atoms with Gasteiger partial charge >= 0.3 is 0 Å². The molecule has 0 radical (unpaired) electrons. The Morgan fingerprint density at radius 2 is 1.75 bits per heavy atom. The Morgan fingerprint density at radius 1 is 1.10 bits per heavy atom. The van der Waals surface area contributed by atoms with Gasteiger partial charge in [0.1, 0.15) is 10.5 Å². The molecule has 2 rings (SSSR count). The molecule has 3 heteroatoms. The third-order valence-corrected chi connectivity index (χ3v) is 4.38. The first-order valence-electron chi connectivity index (χ1n) is 7.32. The molecule has 0 saturated carbocycles. The lowest BCUT2D eigenvalue weighted by Crippen LogP contribution is -2.29. The monoisotopic (exact) mass is 286 g/mol. The van der Waals surface area contributed by atoms with Crippen LogP contribution >= 0.6 is 12.2 Å². The highest BCUT2D eigenvalue weighted by atomic mass is 32.1. The van der Waals surface area contributed by atoms with Gasteiger partial charge in [0.2, 0.25) is 0 Å². The van der Waals surface area contributed by atoms with Crippen molar-refractivity contribution in [1.82, 2.24) is 9.97 Å². The molecule has 0 atom stereocenters. The van der Waals surface area contributed by atoms with Crippen molar-refractivity contribution in [3.05, 3.63) is 58.1 Å². The van der Waals surface area contributed by atoms with Crippen molar-refractivity contribution >= 4 is 12.2 Å². The van der Waals surface area contributed by atoms with Gasteiger partial charge in [0.15, 0.2) is 0 Å². The standard InChI is InChI=1S/C17H22N2S/c1-4-14-12-15(20)19-16(18-14)17(5-2,6-3)13-10-8-7-9-11-13/h7-12H,4-6H2,1-3H3,(H,18,19,20). The molecule has 0 aliphatic rings. The van der Waals surface area contributed by atoms with E-state index < -0.39 is 0 Å². The van der Waals surface area contributed by atoms with Gasteiger partial charge in [-0.15, -0.1) is 0 Å². The Morgan fingerprint density at radius 3 is 2.30 bits per heavy atom. The Bertz CT molecular complexity index is 612. The van der Waals surface area contributed by atoms with Crippen molar-refractivity contribution in [2.45, 2.75) is 45.4 Å². The van der Waals surface area contributed by atoms with Crippen molar-refractivity contribution < 1.29 is 0 Å². The number of hydrogen-bond donors (Lipinski definition) is 1. The quantitative estimate of drug-likeness (QED) is 0.799. The van der Waals surface area contributed by atoms with Crippen LogP contribution in [0.25, 0.3) is 0 Å². The Kier molecular flexibility index (Phi) is 4.71. The smallest absolute Gasteiger partial charge is 0.130 e. The van der Waals surface area contributed by atoms with E-state index in [2.05, 4.69) is 61.1 Å². The molecule has 0 fully saturated rings. The molecule has 1 heterocycles. The van der Waals surface area contributed by atoms with Crippen molar-refractivity contribution in [1.29, 1.82) is 0 Å². The van der Waals surface area contributed by atoms with E-state index in [9.17, 15) is 0 Å². The van der Waals surface area contributed by atoms with Crippen LogP contribution in [0.15, 0.2) is 36.4 Å². The Labute approximate surface area is 126 Å². The average molecular weight is 286 g/mol. The number of benzene rings is 1. The first-order valence-corrected chi connectivity index (χ1v) is 7.73. The van der Waals surface area contributed by atoms with Crippen LogP contribution in [-0.4, -0.2) is 9.97 Å². The predicted octanol–water partition coefficient (Wildman–Crippen LogP) is 4.81. The molecular formula is C17H22N2S. The van der Waals surface area contributed by atoms with E-state index >= 15 is 0 Å². The third-order valence-electron chi connectivity index (χ3n) is 4.17. The number of H-pyrrole nitrogens is 1. The summed E-state index contributed by atoms with van der Waals surface area (Å²) in [5.74, 6) is 0.998. The fourth-order valence-corrected chi connectivity index (χ4v) is 3.05. The fraction of sp³-hybridized carbons (Fsp3) is 0.412. The second-order valence-corrected chi connectivity index (χ2v) is 5.52. The highest BCUT2D eigenvalue weighted by Gasteiger charge is 2.33. The van der Waals surface area contributed by atoms with Crippen molar-refractivity contribution in [3.8, 4) is 0 Å². The van der Waals surface area contributed by atoms with E-state index in [4.69, 9.17) is 12.2 Å². The lowest BCUT2D eigenvalue weighted by Gasteiger charge is -2.31. The van der Waals surface area contributed by atoms with Gasteiger partial charge in [-0.25, -0.2) is 4.98 Å².